The second kappa shape index (κ2) is 11.8. The van der Waals surface area contributed by atoms with Crippen molar-refractivity contribution in [3.63, 3.8) is 0 Å². The first kappa shape index (κ1) is 24.7. The molecule has 0 saturated carbocycles. The number of urea groups is 1. The van der Waals surface area contributed by atoms with Crippen LogP contribution < -0.4 is 15.5 Å². The summed E-state index contributed by atoms with van der Waals surface area (Å²) in [7, 11) is 0. The summed E-state index contributed by atoms with van der Waals surface area (Å²) in [6.45, 7) is 12.5. The maximum Gasteiger partial charge on any atom is 0.326 e. The lowest BCUT2D eigenvalue weighted by molar-refractivity contribution is 0.261. The number of rotatable bonds is 10. The zero-order chi connectivity index (χ0) is 23.8. The van der Waals surface area contributed by atoms with Crippen LogP contribution >= 0.6 is 11.8 Å². The molecule has 0 aliphatic rings. The van der Waals surface area contributed by atoms with Crippen LogP contribution in [0.25, 0.3) is 0 Å². The third kappa shape index (κ3) is 7.86. The number of nitrogens with one attached hydrogen (secondary N) is 2. The predicted octanol–water partition coefficient (Wildman–Crippen LogP) is 7.04. The number of thioether (sulfide) groups is 1. The van der Waals surface area contributed by atoms with E-state index in [0.29, 0.717) is 23.4 Å². The average molecular weight is 467 g/mol. The van der Waals surface area contributed by atoms with E-state index in [4.69, 9.17) is 4.52 Å². The van der Waals surface area contributed by atoms with Gasteiger partial charge in [0.25, 0.3) is 0 Å². The Labute approximate surface area is 201 Å². The molecular weight excluding hydrogens is 432 g/mol. The van der Waals surface area contributed by atoms with Gasteiger partial charge in [-0.15, -0.1) is 11.8 Å². The van der Waals surface area contributed by atoms with Gasteiger partial charge in [-0.25, -0.2) is 4.79 Å². The fourth-order valence-electron chi connectivity index (χ4n) is 3.56. The van der Waals surface area contributed by atoms with Gasteiger partial charge in [0, 0.05) is 29.8 Å². The zero-order valence-electron chi connectivity index (χ0n) is 20.1. The normalized spacial score (nSPS) is 11.1. The van der Waals surface area contributed by atoms with Crippen molar-refractivity contribution in [3.05, 3.63) is 65.9 Å². The minimum absolute atomic E-state index is 0.322. The highest BCUT2D eigenvalue weighted by Crippen LogP contribution is 2.34. The Kier molecular flexibility index (Phi) is 8.83. The molecule has 1 heterocycles. The van der Waals surface area contributed by atoms with Gasteiger partial charge in [0.1, 0.15) is 0 Å². The second-order valence-electron chi connectivity index (χ2n) is 9.06. The maximum absolute atomic E-state index is 12.8. The van der Waals surface area contributed by atoms with Crippen LogP contribution in [0.3, 0.4) is 0 Å². The SMILES string of the molecule is Cc1cc(NC(=O)Nc2cc(SCc3ccccc3)ccc2N(CC(C)C)CC(C)C)on1. The first-order chi connectivity index (χ1) is 15.8. The van der Waals surface area contributed by atoms with Gasteiger partial charge >= 0.3 is 6.03 Å². The van der Waals surface area contributed by atoms with Gasteiger partial charge in [-0.1, -0.05) is 63.2 Å². The summed E-state index contributed by atoms with van der Waals surface area (Å²) in [5.74, 6) is 2.18. The number of aromatic nitrogens is 1. The predicted molar refractivity (Wildman–Crippen MR) is 138 cm³/mol. The van der Waals surface area contributed by atoms with Crippen molar-refractivity contribution in [3.8, 4) is 0 Å². The van der Waals surface area contributed by atoms with Gasteiger partial charge in [-0.2, -0.15) is 0 Å². The molecular formula is C26H34N4O2S. The fraction of sp³-hybridized carbons (Fsp3) is 0.385. The summed E-state index contributed by atoms with van der Waals surface area (Å²) in [6.07, 6.45) is 0. The van der Waals surface area contributed by atoms with E-state index >= 15 is 0 Å². The maximum atomic E-state index is 12.8. The number of benzene rings is 2. The molecule has 0 spiro atoms. The Morgan fingerprint density at radius 2 is 1.70 bits per heavy atom. The number of nitrogens with zero attached hydrogens (tertiary/aromatic N) is 2. The van der Waals surface area contributed by atoms with Gasteiger partial charge in [0.15, 0.2) is 0 Å². The van der Waals surface area contributed by atoms with Crippen LogP contribution in [-0.4, -0.2) is 24.3 Å². The van der Waals surface area contributed by atoms with E-state index in [1.165, 1.54) is 5.56 Å². The second-order valence-corrected chi connectivity index (χ2v) is 10.1. The molecule has 2 amide bonds. The summed E-state index contributed by atoms with van der Waals surface area (Å²) < 4.78 is 5.13. The van der Waals surface area contributed by atoms with Crippen LogP contribution in [0.15, 0.2) is 64.0 Å². The van der Waals surface area contributed by atoms with E-state index < -0.39 is 0 Å². The third-order valence-electron chi connectivity index (χ3n) is 4.84. The first-order valence-corrected chi connectivity index (χ1v) is 12.4. The highest BCUT2D eigenvalue weighted by Gasteiger charge is 2.17. The van der Waals surface area contributed by atoms with E-state index in [9.17, 15) is 4.79 Å². The summed E-state index contributed by atoms with van der Waals surface area (Å²) in [5, 5.41) is 9.60. The number of hydrogen-bond donors (Lipinski definition) is 2. The lowest BCUT2D eigenvalue weighted by atomic mass is 10.1. The minimum atomic E-state index is -0.355. The topological polar surface area (TPSA) is 70.4 Å². The molecule has 3 rings (SSSR count). The molecule has 7 heteroatoms. The van der Waals surface area contributed by atoms with Crippen molar-refractivity contribution >= 4 is 35.1 Å². The molecule has 3 aromatic rings. The van der Waals surface area contributed by atoms with E-state index in [1.807, 2.05) is 13.0 Å². The van der Waals surface area contributed by atoms with E-state index in [2.05, 4.69) is 90.8 Å². The van der Waals surface area contributed by atoms with Gasteiger partial charge in [-0.05, 0) is 42.5 Å². The Morgan fingerprint density at radius 3 is 2.30 bits per heavy atom. The average Bonchev–Trinajstić information content (AvgIpc) is 3.16. The highest BCUT2D eigenvalue weighted by molar-refractivity contribution is 7.98. The van der Waals surface area contributed by atoms with Gasteiger partial charge in [-0.3, -0.25) is 5.32 Å². The molecule has 0 saturated heterocycles. The summed E-state index contributed by atoms with van der Waals surface area (Å²) in [6, 6.07) is 18.0. The van der Waals surface area contributed by atoms with Gasteiger partial charge in [0.2, 0.25) is 5.88 Å². The van der Waals surface area contributed by atoms with Crippen LogP contribution in [-0.2, 0) is 5.75 Å². The number of hydrogen-bond acceptors (Lipinski definition) is 5. The highest BCUT2D eigenvalue weighted by atomic mass is 32.2. The van der Waals surface area contributed by atoms with E-state index in [1.54, 1.807) is 17.8 Å². The number of amides is 2. The molecule has 176 valence electrons. The van der Waals surface area contributed by atoms with Crippen molar-refractivity contribution in [2.75, 3.05) is 28.6 Å². The molecule has 0 aliphatic heterocycles. The quantitative estimate of drug-likeness (QED) is 0.314. The molecule has 0 bridgehead atoms. The largest absolute Gasteiger partial charge is 0.369 e. The van der Waals surface area contributed by atoms with E-state index in [0.717, 1.165) is 35.1 Å². The molecule has 6 nitrogen and oxygen atoms in total. The molecule has 33 heavy (non-hydrogen) atoms. The van der Waals surface area contributed by atoms with Gasteiger partial charge in [0.05, 0.1) is 17.1 Å². The van der Waals surface area contributed by atoms with Gasteiger partial charge < -0.3 is 14.7 Å². The summed E-state index contributed by atoms with van der Waals surface area (Å²) in [5.41, 5.74) is 3.78. The molecule has 0 fully saturated rings. The molecule has 2 N–H and O–H groups in total. The van der Waals surface area contributed by atoms with Crippen LogP contribution in [0, 0.1) is 18.8 Å². The lowest BCUT2D eigenvalue weighted by Crippen LogP contribution is -2.32. The first-order valence-electron chi connectivity index (χ1n) is 11.4. The molecule has 2 aromatic carbocycles. The monoisotopic (exact) mass is 466 g/mol. The Morgan fingerprint density at radius 1 is 1.00 bits per heavy atom. The zero-order valence-corrected chi connectivity index (χ0v) is 20.9. The summed E-state index contributed by atoms with van der Waals surface area (Å²) >= 11 is 1.75. The van der Waals surface area contributed by atoms with Crippen LogP contribution in [0.5, 0.6) is 0 Å². The van der Waals surface area contributed by atoms with Crippen LogP contribution in [0.1, 0.15) is 39.0 Å². The lowest BCUT2D eigenvalue weighted by Gasteiger charge is -2.30. The molecule has 0 unspecified atom stereocenters. The minimum Gasteiger partial charge on any atom is -0.369 e. The van der Waals surface area contributed by atoms with Crippen molar-refractivity contribution in [1.82, 2.24) is 5.16 Å². The van der Waals surface area contributed by atoms with Crippen molar-refractivity contribution < 1.29 is 9.32 Å². The molecule has 1 aromatic heterocycles. The number of carbonyl (C=O) groups excluding carboxylic acids is 1. The van der Waals surface area contributed by atoms with Crippen molar-refractivity contribution in [1.29, 1.82) is 0 Å². The number of anilines is 3. The van der Waals surface area contributed by atoms with Crippen molar-refractivity contribution in [2.45, 2.75) is 45.3 Å². The Hall–Kier alpha value is -2.93. The molecule has 0 atom stereocenters. The van der Waals surface area contributed by atoms with Crippen LogP contribution in [0.4, 0.5) is 22.1 Å². The fourth-order valence-corrected chi connectivity index (χ4v) is 4.45. The third-order valence-corrected chi connectivity index (χ3v) is 5.91. The molecule has 0 aliphatic carbocycles. The Bertz CT molecular complexity index is 1020. The number of aryl methyl sites for hydroxylation is 1. The standard InChI is InChI=1S/C26H34N4O2S/c1-18(2)15-30(16-19(3)4)24-12-11-22(33-17-21-9-7-6-8-10-21)14-23(24)27-26(31)28-25-13-20(5)29-32-25/h6-14,18-19H,15-17H2,1-5H3,(H2,27,28,31). The summed E-state index contributed by atoms with van der Waals surface area (Å²) in [4.78, 5) is 16.2. The van der Waals surface area contributed by atoms with E-state index in [-0.39, 0.29) is 6.03 Å². The Balaban J connectivity index is 1.85. The molecule has 0 radical (unpaired) electrons. The van der Waals surface area contributed by atoms with Crippen LogP contribution in [0.2, 0.25) is 0 Å². The smallest absolute Gasteiger partial charge is 0.326 e. The van der Waals surface area contributed by atoms with Crippen molar-refractivity contribution in [2.24, 2.45) is 11.8 Å². The number of carbonyl (C=O) groups is 1.